The summed E-state index contributed by atoms with van der Waals surface area (Å²) in [5.74, 6) is -0.568. The Morgan fingerprint density at radius 2 is 1.55 bits per heavy atom. The van der Waals surface area contributed by atoms with E-state index in [9.17, 15) is 18.0 Å². The maximum atomic E-state index is 13.0. The van der Waals surface area contributed by atoms with Gasteiger partial charge in [-0.25, -0.2) is 8.42 Å². The van der Waals surface area contributed by atoms with E-state index in [2.05, 4.69) is 5.32 Å². The monoisotopic (exact) mass is 462 g/mol. The molecule has 4 rings (SSSR count). The van der Waals surface area contributed by atoms with Crippen molar-refractivity contribution in [1.29, 1.82) is 0 Å². The molecule has 0 radical (unpaired) electrons. The normalized spacial score (nSPS) is 13.7. The van der Waals surface area contributed by atoms with Crippen molar-refractivity contribution in [3.63, 3.8) is 0 Å². The van der Waals surface area contributed by atoms with E-state index in [4.69, 9.17) is 0 Å². The summed E-state index contributed by atoms with van der Waals surface area (Å²) < 4.78 is 25.2. The Balaban J connectivity index is 1.50. The lowest BCUT2D eigenvalue weighted by atomic mass is 10.0. The van der Waals surface area contributed by atoms with Crippen molar-refractivity contribution < 1.29 is 18.0 Å². The van der Waals surface area contributed by atoms with Crippen LogP contribution < -0.4 is 5.32 Å². The molecule has 0 atom stereocenters. The highest BCUT2D eigenvalue weighted by Crippen LogP contribution is 2.24. The van der Waals surface area contributed by atoms with Gasteiger partial charge >= 0.3 is 0 Å². The van der Waals surface area contributed by atoms with Crippen LogP contribution in [-0.4, -0.2) is 38.2 Å². The molecule has 1 aliphatic heterocycles. The predicted octanol–water partition coefficient (Wildman–Crippen LogP) is 4.46. The number of hydrogen-bond acceptors (Lipinski definition) is 4. The predicted molar refractivity (Wildman–Crippen MR) is 128 cm³/mol. The summed E-state index contributed by atoms with van der Waals surface area (Å²) in [6.07, 6.45) is 1.98. The summed E-state index contributed by atoms with van der Waals surface area (Å²) in [4.78, 5) is 28.0. The Bertz CT molecular complexity index is 1260. The van der Waals surface area contributed by atoms with Crippen LogP contribution >= 0.6 is 0 Å². The van der Waals surface area contributed by atoms with E-state index < -0.39 is 9.84 Å². The molecule has 7 heteroatoms. The standard InChI is InChI=1S/C26H26N2O4S/c1-19-8-7-11-23(24(19)26(30)28-16-5-6-17-28)27-25(29)21-14-12-20(13-15-21)18-33(31,32)22-9-3-2-4-10-22/h2-4,7-15H,5-6,16-18H2,1H3,(H,27,29). The van der Waals surface area contributed by atoms with Gasteiger partial charge in [0.05, 0.1) is 21.9 Å². The van der Waals surface area contributed by atoms with Gasteiger partial charge in [0.1, 0.15) is 0 Å². The maximum Gasteiger partial charge on any atom is 0.256 e. The van der Waals surface area contributed by atoms with Crippen LogP contribution in [-0.2, 0) is 15.6 Å². The van der Waals surface area contributed by atoms with Crippen LogP contribution in [0, 0.1) is 6.92 Å². The van der Waals surface area contributed by atoms with Crippen molar-refractivity contribution in [3.05, 3.63) is 95.1 Å². The second-order valence-electron chi connectivity index (χ2n) is 8.22. The summed E-state index contributed by atoms with van der Waals surface area (Å²) in [7, 11) is -3.47. The van der Waals surface area contributed by atoms with Crippen LogP contribution in [0.3, 0.4) is 0 Å². The molecule has 0 saturated carbocycles. The molecular weight excluding hydrogens is 436 g/mol. The Labute approximate surface area is 194 Å². The zero-order valence-electron chi connectivity index (χ0n) is 18.5. The Morgan fingerprint density at radius 3 is 2.21 bits per heavy atom. The molecule has 0 unspecified atom stereocenters. The van der Waals surface area contributed by atoms with E-state index in [1.54, 1.807) is 60.7 Å². The van der Waals surface area contributed by atoms with E-state index in [1.807, 2.05) is 24.0 Å². The summed E-state index contributed by atoms with van der Waals surface area (Å²) in [6.45, 7) is 3.32. The molecule has 0 aromatic heterocycles. The first kappa shape index (κ1) is 22.7. The van der Waals surface area contributed by atoms with Crippen molar-refractivity contribution in [2.24, 2.45) is 0 Å². The number of benzene rings is 3. The largest absolute Gasteiger partial charge is 0.339 e. The third-order valence-electron chi connectivity index (χ3n) is 5.80. The highest BCUT2D eigenvalue weighted by molar-refractivity contribution is 7.90. The van der Waals surface area contributed by atoms with Gasteiger partial charge in [0.25, 0.3) is 11.8 Å². The number of carbonyl (C=O) groups is 2. The maximum absolute atomic E-state index is 13.0. The van der Waals surface area contributed by atoms with Gasteiger partial charge in [0.15, 0.2) is 9.84 Å². The number of aryl methyl sites for hydroxylation is 1. The third-order valence-corrected chi connectivity index (χ3v) is 7.51. The first-order chi connectivity index (χ1) is 15.8. The highest BCUT2D eigenvalue weighted by atomic mass is 32.2. The Hall–Kier alpha value is -3.45. The van der Waals surface area contributed by atoms with Crippen LogP contribution in [0.15, 0.2) is 77.7 Å². The van der Waals surface area contributed by atoms with E-state index in [1.165, 1.54) is 0 Å². The summed E-state index contributed by atoms with van der Waals surface area (Å²) in [5, 5.41) is 2.86. The smallest absolute Gasteiger partial charge is 0.256 e. The van der Waals surface area contributed by atoms with Crippen molar-refractivity contribution in [1.82, 2.24) is 4.90 Å². The average Bonchev–Trinajstić information content (AvgIpc) is 3.35. The number of anilines is 1. The van der Waals surface area contributed by atoms with Gasteiger partial charge in [-0.1, -0.05) is 42.5 Å². The van der Waals surface area contributed by atoms with Crippen molar-refractivity contribution in [2.45, 2.75) is 30.4 Å². The molecule has 1 heterocycles. The lowest BCUT2D eigenvalue weighted by Crippen LogP contribution is -2.29. The van der Waals surface area contributed by atoms with Crippen LogP contribution in [0.4, 0.5) is 5.69 Å². The molecule has 3 aromatic rings. The molecule has 33 heavy (non-hydrogen) atoms. The fourth-order valence-electron chi connectivity index (χ4n) is 4.01. The molecule has 170 valence electrons. The molecule has 0 spiro atoms. The number of hydrogen-bond donors (Lipinski definition) is 1. The number of nitrogens with zero attached hydrogens (tertiary/aromatic N) is 1. The SMILES string of the molecule is Cc1cccc(NC(=O)c2ccc(CS(=O)(=O)c3ccccc3)cc2)c1C(=O)N1CCCC1. The summed E-state index contributed by atoms with van der Waals surface area (Å²) >= 11 is 0. The number of carbonyl (C=O) groups excluding carboxylic acids is 2. The van der Waals surface area contributed by atoms with Gasteiger partial charge in [-0.05, 0) is 61.2 Å². The molecule has 0 aliphatic carbocycles. The lowest BCUT2D eigenvalue weighted by Gasteiger charge is -2.19. The number of nitrogens with one attached hydrogen (secondary N) is 1. The van der Waals surface area contributed by atoms with Gasteiger partial charge in [-0.3, -0.25) is 9.59 Å². The van der Waals surface area contributed by atoms with Gasteiger partial charge in [0, 0.05) is 18.7 Å². The third kappa shape index (κ3) is 5.14. The fraction of sp³-hybridized carbons (Fsp3) is 0.231. The number of sulfone groups is 1. The Kier molecular flexibility index (Phi) is 6.60. The molecule has 1 saturated heterocycles. The van der Waals surface area contributed by atoms with Crippen molar-refractivity contribution in [2.75, 3.05) is 18.4 Å². The summed E-state index contributed by atoms with van der Waals surface area (Å²) in [6, 6.07) is 20.2. The van der Waals surface area contributed by atoms with Gasteiger partial charge < -0.3 is 10.2 Å². The van der Waals surface area contributed by atoms with E-state index >= 15 is 0 Å². The van der Waals surface area contributed by atoms with E-state index in [0.717, 1.165) is 31.5 Å². The van der Waals surface area contributed by atoms with E-state index in [0.29, 0.717) is 22.4 Å². The number of likely N-dealkylation sites (tertiary alicyclic amines) is 1. The lowest BCUT2D eigenvalue weighted by molar-refractivity contribution is 0.0793. The molecule has 6 nitrogen and oxygen atoms in total. The molecule has 1 aliphatic rings. The van der Waals surface area contributed by atoms with Gasteiger partial charge in [-0.2, -0.15) is 0 Å². The van der Waals surface area contributed by atoms with Crippen LogP contribution in [0.5, 0.6) is 0 Å². The van der Waals surface area contributed by atoms with Crippen LogP contribution in [0.2, 0.25) is 0 Å². The minimum Gasteiger partial charge on any atom is -0.339 e. The quantitative estimate of drug-likeness (QED) is 0.586. The van der Waals surface area contributed by atoms with Gasteiger partial charge in [-0.15, -0.1) is 0 Å². The molecule has 2 amide bonds. The molecule has 1 N–H and O–H groups in total. The first-order valence-corrected chi connectivity index (χ1v) is 12.6. The second kappa shape index (κ2) is 9.58. The number of amides is 2. The van der Waals surface area contributed by atoms with Crippen molar-refractivity contribution >= 4 is 27.3 Å². The minimum absolute atomic E-state index is 0.0673. The second-order valence-corrected chi connectivity index (χ2v) is 10.2. The molecular formula is C26H26N2O4S. The zero-order chi connectivity index (χ0) is 23.4. The Morgan fingerprint density at radius 1 is 0.879 bits per heavy atom. The highest BCUT2D eigenvalue weighted by Gasteiger charge is 2.24. The van der Waals surface area contributed by atoms with E-state index in [-0.39, 0.29) is 22.5 Å². The average molecular weight is 463 g/mol. The summed E-state index contributed by atoms with van der Waals surface area (Å²) in [5.41, 5.74) is 2.78. The van der Waals surface area contributed by atoms with Crippen LogP contribution in [0.1, 0.15) is 44.7 Å². The topological polar surface area (TPSA) is 83.5 Å². The van der Waals surface area contributed by atoms with Crippen LogP contribution in [0.25, 0.3) is 0 Å². The molecule has 3 aromatic carbocycles. The zero-order valence-corrected chi connectivity index (χ0v) is 19.3. The molecule has 0 bridgehead atoms. The number of rotatable bonds is 6. The van der Waals surface area contributed by atoms with Gasteiger partial charge in [0.2, 0.25) is 0 Å². The van der Waals surface area contributed by atoms with Crippen molar-refractivity contribution in [3.8, 4) is 0 Å². The minimum atomic E-state index is -3.47. The first-order valence-electron chi connectivity index (χ1n) is 10.9. The molecule has 1 fully saturated rings. The fourth-order valence-corrected chi connectivity index (χ4v) is 5.38.